The zero-order valence-corrected chi connectivity index (χ0v) is 11.4. The summed E-state index contributed by atoms with van der Waals surface area (Å²) in [6.07, 6.45) is 24.9. The molecule has 2 aliphatic carbocycles. The minimum Gasteiger partial charge on any atom is -0.0805 e. The first-order chi connectivity index (χ1) is 8.45. The van der Waals surface area contributed by atoms with E-state index in [2.05, 4.69) is 12.2 Å². The van der Waals surface area contributed by atoms with Crippen molar-refractivity contribution in [2.45, 2.75) is 83.5 Å². The van der Waals surface area contributed by atoms with Crippen molar-refractivity contribution in [2.75, 3.05) is 0 Å². The molecule has 0 spiro atoms. The Balaban J connectivity index is 1.68. The molecule has 0 unspecified atom stereocenters. The van der Waals surface area contributed by atoms with Crippen LogP contribution in [0.2, 0.25) is 0 Å². The molecule has 0 amide bonds. The highest BCUT2D eigenvalue weighted by Crippen LogP contribution is 2.27. The molecule has 0 bridgehead atoms. The smallest absolute Gasteiger partial charge is 0.0162 e. The highest BCUT2D eigenvalue weighted by atomic mass is 14.2. The molecule has 97 valence electrons. The van der Waals surface area contributed by atoms with Gasteiger partial charge >= 0.3 is 0 Å². The third-order valence-corrected chi connectivity index (χ3v) is 4.63. The van der Waals surface area contributed by atoms with Gasteiger partial charge in [-0.3, -0.25) is 0 Å². The van der Waals surface area contributed by atoms with E-state index < -0.39 is 0 Å². The van der Waals surface area contributed by atoms with Crippen molar-refractivity contribution >= 4 is 0 Å². The van der Waals surface area contributed by atoms with E-state index in [1.54, 1.807) is 0 Å². The molecule has 0 atom stereocenters. The second-order valence-electron chi connectivity index (χ2n) is 6.15. The highest BCUT2D eigenvalue weighted by molar-refractivity contribution is 4.84. The van der Waals surface area contributed by atoms with Crippen LogP contribution in [0.4, 0.5) is 0 Å². The van der Waals surface area contributed by atoms with Gasteiger partial charge in [-0.05, 0) is 37.2 Å². The summed E-state index contributed by atoms with van der Waals surface area (Å²) in [6.45, 7) is 0. The van der Waals surface area contributed by atoms with Crippen LogP contribution in [0.5, 0.6) is 0 Å². The van der Waals surface area contributed by atoms with Crippen LogP contribution in [-0.4, -0.2) is 0 Å². The van der Waals surface area contributed by atoms with E-state index in [-0.39, 0.29) is 0 Å². The maximum atomic E-state index is 3.70. The molecular formula is C17H29. The summed E-state index contributed by atoms with van der Waals surface area (Å²) < 4.78 is 0. The molecule has 0 aromatic heterocycles. The summed E-state index contributed by atoms with van der Waals surface area (Å²) in [5.74, 6) is 1.78. The predicted octanol–water partition coefficient (Wildman–Crippen LogP) is 5.68. The summed E-state index contributed by atoms with van der Waals surface area (Å²) in [4.78, 5) is 0. The van der Waals surface area contributed by atoms with Gasteiger partial charge in [0.1, 0.15) is 0 Å². The SMILES string of the molecule is [C](=C\CC1CCCCCC1)/C1CCCCCC1. The van der Waals surface area contributed by atoms with Gasteiger partial charge in [-0.2, -0.15) is 0 Å². The van der Waals surface area contributed by atoms with Crippen molar-refractivity contribution in [1.29, 1.82) is 0 Å². The molecule has 2 fully saturated rings. The van der Waals surface area contributed by atoms with E-state index in [0.717, 1.165) is 11.8 Å². The van der Waals surface area contributed by atoms with Crippen LogP contribution >= 0.6 is 0 Å². The van der Waals surface area contributed by atoms with Gasteiger partial charge in [-0.1, -0.05) is 70.3 Å². The average molecular weight is 233 g/mol. The van der Waals surface area contributed by atoms with Crippen LogP contribution in [0.15, 0.2) is 6.08 Å². The van der Waals surface area contributed by atoms with E-state index >= 15 is 0 Å². The Hall–Kier alpha value is -0.260. The molecule has 0 saturated heterocycles. The van der Waals surface area contributed by atoms with Gasteiger partial charge in [-0.25, -0.2) is 0 Å². The van der Waals surface area contributed by atoms with Crippen molar-refractivity contribution in [1.82, 2.24) is 0 Å². The Morgan fingerprint density at radius 1 is 0.706 bits per heavy atom. The Kier molecular flexibility index (Phi) is 6.16. The molecule has 2 rings (SSSR count). The largest absolute Gasteiger partial charge is 0.0805 e. The van der Waals surface area contributed by atoms with Crippen molar-refractivity contribution in [3.63, 3.8) is 0 Å². The first-order valence-electron chi connectivity index (χ1n) is 8.03. The Labute approximate surface area is 108 Å². The normalized spacial score (nSPS) is 25.9. The lowest BCUT2D eigenvalue weighted by atomic mass is 9.94. The van der Waals surface area contributed by atoms with E-state index in [9.17, 15) is 0 Å². The number of hydrogen-bond donors (Lipinski definition) is 0. The Morgan fingerprint density at radius 3 is 1.82 bits per heavy atom. The lowest BCUT2D eigenvalue weighted by Crippen LogP contribution is -1.98. The van der Waals surface area contributed by atoms with Crippen LogP contribution in [0.1, 0.15) is 83.5 Å². The molecule has 17 heavy (non-hydrogen) atoms. The zero-order valence-electron chi connectivity index (χ0n) is 11.4. The van der Waals surface area contributed by atoms with Crippen molar-refractivity contribution in [3.05, 3.63) is 12.2 Å². The molecule has 1 radical (unpaired) electrons. The summed E-state index contributed by atoms with van der Waals surface area (Å²) in [6, 6.07) is 0. The van der Waals surface area contributed by atoms with Crippen LogP contribution < -0.4 is 0 Å². The summed E-state index contributed by atoms with van der Waals surface area (Å²) in [7, 11) is 0. The standard InChI is InChI=1S/C17H29/c1-2-6-11-16(10-5-1)14-9-15-17-12-7-3-4-8-13-17/h9,16-17H,1-8,10-14H2. The number of rotatable bonds is 3. The van der Waals surface area contributed by atoms with E-state index in [1.807, 2.05) is 0 Å². The first kappa shape index (κ1) is 13.2. The van der Waals surface area contributed by atoms with Crippen molar-refractivity contribution < 1.29 is 0 Å². The Morgan fingerprint density at radius 2 is 1.24 bits per heavy atom. The van der Waals surface area contributed by atoms with Crippen LogP contribution in [0.25, 0.3) is 0 Å². The fourth-order valence-corrected chi connectivity index (χ4v) is 3.45. The number of allylic oxidation sites excluding steroid dienone is 2. The molecular weight excluding hydrogens is 204 g/mol. The molecule has 0 heterocycles. The van der Waals surface area contributed by atoms with Crippen molar-refractivity contribution in [2.24, 2.45) is 11.8 Å². The third kappa shape index (κ3) is 5.27. The van der Waals surface area contributed by atoms with E-state index in [0.29, 0.717) is 0 Å². The summed E-state index contributed by atoms with van der Waals surface area (Å²) >= 11 is 0. The van der Waals surface area contributed by atoms with E-state index in [1.165, 1.54) is 83.5 Å². The van der Waals surface area contributed by atoms with Gasteiger partial charge in [0, 0.05) is 0 Å². The topological polar surface area (TPSA) is 0 Å². The van der Waals surface area contributed by atoms with Crippen molar-refractivity contribution in [3.8, 4) is 0 Å². The summed E-state index contributed by atoms with van der Waals surface area (Å²) in [5, 5.41) is 0. The van der Waals surface area contributed by atoms with Gasteiger partial charge in [0.15, 0.2) is 0 Å². The second kappa shape index (κ2) is 7.95. The molecule has 0 aliphatic heterocycles. The van der Waals surface area contributed by atoms with Gasteiger partial charge in [-0.15, -0.1) is 0 Å². The van der Waals surface area contributed by atoms with Gasteiger partial charge in [0.2, 0.25) is 0 Å². The molecule has 0 nitrogen and oxygen atoms in total. The maximum absolute atomic E-state index is 3.70. The lowest BCUT2D eigenvalue weighted by Gasteiger charge is -2.12. The van der Waals surface area contributed by atoms with Gasteiger partial charge in [0.05, 0.1) is 0 Å². The molecule has 0 aromatic carbocycles. The van der Waals surface area contributed by atoms with Crippen LogP contribution in [-0.2, 0) is 0 Å². The fourth-order valence-electron chi connectivity index (χ4n) is 3.45. The summed E-state index contributed by atoms with van der Waals surface area (Å²) in [5.41, 5.74) is 0. The van der Waals surface area contributed by atoms with Crippen LogP contribution in [0.3, 0.4) is 0 Å². The highest BCUT2D eigenvalue weighted by Gasteiger charge is 2.12. The molecule has 0 heteroatoms. The first-order valence-corrected chi connectivity index (χ1v) is 8.03. The quantitative estimate of drug-likeness (QED) is 0.550. The third-order valence-electron chi connectivity index (χ3n) is 4.63. The van der Waals surface area contributed by atoms with Gasteiger partial charge < -0.3 is 0 Å². The fraction of sp³-hybridized carbons (Fsp3) is 0.882. The molecule has 0 aromatic rings. The monoisotopic (exact) mass is 233 g/mol. The minimum absolute atomic E-state index is 0.795. The van der Waals surface area contributed by atoms with E-state index in [4.69, 9.17) is 0 Å². The molecule has 2 saturated carbocycles. The molecule has 2 aliphatic rings. The van der Waals surface area contributed by atoms with Gasteiger partial charge in [0.25, 0.3) is 0 Å². The number of hydrogen-bond acceptors (Lipinski definition) is 0. The average Bonchev–Trinajstić information content (AvgIpc) is 2.73. The maximum Gasteiger partial charge on any atom is -0.0162 e. The zero-order chi connectivity index (χ0) is 11.8. The second-order valence-corrected chi connectivity index (χ2v) is 6.15. The Bertz CT molecular complexity index is 200. The minimum atomic E-state index is 0.795. The van der Waals surface area contributed by atoms with Crippen LogP contribution in [0, 0.1) is 17.9 Å². The lowest BCUT2D eigenvalue weighted by molar-refractivity contribution is 0.461. The predicted molar refractivity (Wildman–Crippen MR) is 74.8 cm³/mol. The molecule has 0 N–H and O–H groups in total.